The number of piperidine rings is 1. The molecule has 4 heterocycles. The highest BCUT2D eigenvalue weighted by atomic mass is 32.1. The Labute approximate surface area is 168 Å². The van der Waals surface area contributed by atoms with Gasteiger partial charge in [0.1, 0.15) is 22.7 Å². The summed E-state index contributed by atoms with van der Waals surface area (Å²) in [6.07, 6.45) is 7.02. The van der Waals surface area contributed by atoms with E-state index in [2.05, 4.69) is 25.5 Å². The number of hydrogen-bond acceptors (Lipinski definition) is 7. The molecule has 28 heavy (non-hydrogen) atoms. The molecule has 0 radical (unpaired) electrons. The van der Waals surface area contributed by atoms with Gasteiger partial charge < -0.3 is 20.0 Å². The lowest BCUT2D eigenvalue weighted by atomic mass is 10.1. The fraction of sp³-hybridized carbons (Fsp3) is 0.450. The van der Waals surface area contributed by atoms with Gasteiger partial charge in [0.05, 0.1) is 23.1 Å². The Balaban J connectivity index is 1.44. The second kappa shape index (κ2) is 8.70. The lowest BCUT2D eigenvalue weighted by Crippen LogP contribution is -2.37. The first-order valence-corrected chi connectivity index (χ1v) is 10.5. The molecule has 3 aromatic rings. The molecule has 1 amide bonds. The van der Waals surface area contributed by atoms with E-state index in [4.69, 9.17) is 4.42 Å². The van der Waals surface area contributed by atoms with Gasteiger partial charge in [-0.2, -0.15) is 0 Å². The Kier molecular flexibility index (Phi) is 5.87. The summed E-state index contributed by atoms with van der Waals surface area (Å²) in [5.41, 5.74) is 0.915. The number of likely N-dealkylation sites (tertiary alicyclic amines) is 1. The fourth-order valence-electron chi connectivity index (χ4n) is 3.60. The quantitative estimate of drug-likeness (QED) is 0.633. The third kappa shape index (κ3) is 4.18. The molecule has 0 unspecified atom stereocenters. The van der Waals surface area contributed by atoms with E-state index in [-0.39, 0.29) is 5.91 Å². The zero-order valence-electron chi connectivity index (χ0n) is 16.0. The summed E-state index contributed by atoms with van der Waals surface area (Å²) >= 11 is 1.42. The normalized spacial score (nSPS) is 15.0. The number of nitrogens with zero attached hydrogens (tertiary/aromatic N) is 3. The van der Waals surface area contributed by atoms with Crippen LogP contribution in [0.5, 0.6) is 0 Å². The van der Waals surface area contributed by atoms with Crippen LogP contribution >= 0.6 is 11.3 Å². The number of anilines is 1. The average Bonchev–Trinajstić information content (AvgIpc) is 3.35. The predicted molar refractivity (Wildman–Crippen MR) is 111 cm³/mol. The second-order valence-electron chi connectivity index (χ2n) is 7.05. The summed E-state index contributed by atoms with van der Waals surface area (Å²) in [5.74, 6) is 1.52. The van der Waals surface area contributed by atoms with Crippen LogP contribution in [0.4, 0.5) is 5.82 Å². The first-order chi connectivity index (χ1) is 13.7. The van der Waals surface area contributed by atoms with Gasteiger partial charge in [0, 0.05) is 13.1 Å². The number of aryl methyl sites for hydroxylation is 1. The van der Waals surface area contributed by atoms with Crippen molar-refractivity contribution >= 4 is 33.3 Å². The monoisotopic (exact) mass is 399 g/mol. The van der Waals surface area contributed by atoms with Gasteiger partial charge in [-0.1, -0.05) is 6.42 Å². The van der Waals surface area contributed by atoms with Gasteiger partial charge in [-0.15, -0.1) is 11.3 Å². The third-order valence-corrected chi connectivity index (χ3v) is 6.30. The van der Waals surface area contributed by atoms with Crippen LogP contribution in [0.2, 0.25) is 0 Å². The van der Waals surface area contributed by atoms with E-state index in [0.717, 1.165) is 47.0 Å². The number of carbonyl (C=O) groups is 1. The van der Waals surface area contributed by atoms with Crippen LogP contribution in [0, 0.1) is 6.92 Å². The van der Waals surface area contributed by atoms with Crippen LogP contribution in [-0.4, -0.2) is 47.0 Å². The summed E-state index contributed by atoms with van der Waals surface area (Å²) in [6.45, 7) is 6.34. The lowest BCUT2D eigenvalue weighted by Gasteiger charge is -2.26. The topological polar surface area (TPSA) is 83.3 Å². The molecule has 0 atom stereocenters. The zero-order valence-corrected chi connectivity index (χ0v) is 16.8. The largest absolute Gasteiger partial charge is 0.467 e. The van der Waals surface area contributed by atoms with Gasteiger partial charge in [0.2, 0.25) is 0 Å². The van der Waals surface area contributed by atoms with Crippen LogP contribution in [-0.2, 0) is 6.54 Å². The van der Waals surface area contributed by atoms with Crippen LogP contribution in [0.3, 0.4) is 0 Å². The second-order valence-corrected chi connectivity index (χ2v) is 8.05. The molecule has 0 aromatic carbocycles. The summed E-state index contributed by atoms with van der Waals surface area (Å²) in [7, 11) is 0. The Hall–Kier alpha value is -2.45. The zero-order chi connectivity index (χ0) is 19.3. The molecule has 148 valence electrons. The average molecular weight is 400 g/mol. The first-order valence-electron chi connectivity index (χ1n) is 9.73. The van der Waals surface area contributed by atoms with E-state index in [9.17, 15) is 4.79 Å². The van der Waals surface area contributed by atoms with Gasteiger partial charge in [0.25, 0.3) is 5.91 Å². The highest BCUT2D eigenvalue weighted by Gasteiger charge is 2.19. The Morgan fingerprint density at radius 3 is 2.93 bits per heavy atom. The highest BCUT2D eigenvalue weighted by molar-refractivity contribution is 7.20. The molecule has 7 nitrogen and oxygen atoms in total. The Morgan fingerprint density at radius 1 is 1.29 bits per heavy atom. The minimum absolute atomic E-state index is 0.0329. The van der Waals surface area contributed by atoms with E-state index in [1.807, 2.05) is 19.1 Å². The fourth-order valence-corrected chi connectivity index (χ4v) is 4.66. The molecule has 4 rings (SSSR count). The van der Waals surface area contributed by atoms with E-state index in [1.165, 1.54) is 36.9 Å². The molecule has 0 saturated carbocycles. The van der Waals surface area contributed by atoms with Crippen molar-refractivity contribution in [3.05, 3.63) is 40.9 Å². The van der Waals surface area contributed by atoms with Crippen LogP contribution in [0.15, 0.2) is 29.1 Å². The SMILES string of the molecule is Cc1c(C(=O)NCCN2CCCCC2)sc2ncnc(NCc3ccco3)c12. The van der Waals surface area contributed by atoms with Gasteiger partial charge in [-0.05, 0) is 50.6 Å². The summed E-state index contributed by atoms with van der Waals surface area (Å²) in [6, 6.07) is 3.77. The van der Waals surface area contributed by atoms with Crippen LogP contribution in [0.1, 0.15) is 40.3 Å². The molecule has 0 bridgehead atoms. The molecule has 8 heteroatoms. The Morgan fingerprint density at radius 2 is 2.14 bits per heavy atom. The van der Waals surface area contributed by atoms with E-state index < -0.39 is 0 Å². The number of carbonyl (C=O) groups excluding carboxylic acids is 1. The number of amides is 1. The van der Waals surface area contributed by atoms with E-state index >= 15 is 0 Å². The molecule has 3 aromatic heterocycles. The summed E-state index contributed by atoms with van der Waals surface area (Å²) < 4.78 is 5.36. The lowest BCUT2D eigenvalue weighted by molar-refractivity contribution is 0.0950. The Bertz CT molecular complexity index is 932. The molecule has 1 aliphatic rings. The number of furan rings is 1. The van der Waals surface area contributed by atoms with Crippen molar-refractivity contribution in [2.24, 2.45) is 0 Å². The number of thiophene rings is 1. The van der Waals surface area contributed by atoms with Gasteiger partial charge in [0.15, 0.2) is 0 Å². The van der Waals surface area contributed by atoms with Crippen molar-refractivity contribution in [1.29, 1.82) is 0 Å². The maximum Gasteiger partial charge on any atom is 0.261 e. The van der Waals surface area contributed by atoms with Crippen molar-refractivity contribution in [2.45, 2.75) is 32.7 Å². The summed E-state index contributed by atoms with van der Waals surface area (Å²) in [4.78, 5) is 25.4. The molecule has 1 saturated heterocycles. The predicted octanol–water partition coefficient (Wildman–Crippen LogP) is 3.42. The molecular formula is C20H25N5O2S. The minimum Gasteiger partial charge on any atom is -0.467 e. The third-order valence-electron chi connectivity index (χ3n) is 5.11. The maximum absolute atomic E-state index is 12.7. The molecule has 0 aliphatic carbocycles. The van der Waals surface area contributed by atoms with E-state index in [1.54, 1.807) is 6.26 Å². The van der Waals surface area contributed by atoms with Crippen molar-refractivity contribution in [3.8, 4) is 0 Å². The summed E-state index contributed by atoms with van der Waals surface area (Å²) in [5, 5.41) is 7.26. The number of fused-ring (bicyclic) bond motifs is 1. The first kappa shape index (κ1) is 18.9. The van der Waals surface area contributed by atoms with Gasteiger partial charge >= 0.3 is 0 Å². The molecule has 2 N–H and O–H groups in total. The standard InChI is InChI=1S/C20H25N5O2S/c1-14-16-18(22-12-15-6-5-11-27-15)23-13-24-20(16)28-17(14)19(26)21-7-10-25-8-3-2-4-9-25/h5-6,11,13H,2-4,7-10,12H2,1H3,(H,21,26)(H,22,23,24). The van der Waals surface area contributed by atoms with Crippen molar-refractivity contribution in [1.82, 2.24) is 20.2 Å². The maximum atomic E-state index is 12.7. The molecular weight excluding hydrogens is 374 g/mol. The number of hydrogen-bond donors (Lipinski definition) is 2. The molecule has 0 spiro atoms. The van der Waals surface area contributed by atoms with Crippen molar-refractivity contribution in [2.75, 3.05) is 31.5 Å². The minimum atomic E-state index is -0.0329. The van der Waals surface area contributed by atoms with Crippen molar-refractivity contribution in [3.63, 3.8) is 0 Å². The van der Waals surface area contributed by atoms with Crippen LogP contribution < -0.4 is 10.6 Å². The molecule has 1 aliphatic heterocycles. The van der Waals surface area contributed by atoms with Gasteiger partial charge in [-0.25, -0.2) is 9.97 Å². The number of aromatic nitrogens is 2. The number of rotatable bonds is 7. The van der Waals surface area contributed by atoms with Gasteiger partial charge in [-0.3, -0.25) is 4.79 Å². The smallest absolute Gasteiger partial charge is 0.261 e. The van der Waals surface area contributed by atoms with E-state index in [0.29, 0.717) is 18.0 Å². The van der Waals surface area contributed by atoms with Crippen LogP contribution in [0.25, 0.3) is 10.2 Å². The number of nitrogens with one attached hydrogen (secondary N) is 2. The van der Waals surface area contributed by atoms with Crippen molar-refractivity contribution < 1.29 is 9.21 Å². The highest BCUT2D eigenvalue weighted by Crippen LogP contribution is 2.33. The molecule has 1 fully saturated rings.